The Morgan fingerprint density at radius 3 is 2.80 bits per heavy atom. The van der Waals surface area contributed by atoms with E-state index in [1.807, 2.05) is 0 Å². The molecule has 0 aliphatic carbocycles. The quantitative estimate of drug-likeness (QED) is 0.660. The van der Waals surface area contributed by atoms with E-state index in [0.717, 1.165) is 6.42 Å². The fourth-order valence-electron chi connectivity index (χ4n) is 3.54. The Morgan fingerprint density at radius 1 is 1.36 bits per heavy atom. The van der Waals surface area contributed by atoms with Gasteiger partial charge in [0.25, 0.3) is 0 Å². The number of halogens is 4. The van der Waals surface area contributed by atoms with Gasteiger partial charge in [-0.25, -0.2) is 9.18 Å². The SMILES string of the molecule is Cc1ccc(OC2CC3CCCC(OC(=O)C(F)(F)F)(C2)N3)cc1F. The third-order valence-electron chi connectivity index (χ3n) is 4.67. The minimum Gasteiger partial charge on any atom is -0.490 e. The van der Waals surface area contributed by atoms with Crippen molar-refractivity contribution in [3.63, 3.8) is 0 Å². The zero-order chi connectivity index (χ0) is 18.2. The van der Waals surface area contributed by atoms with E-state index in [1.54, 1.807) is 19.1 Å². The van der Waals surface area contributed by atoms with Crippen LogP contribution < -0.4 is 10.1 Å². The minimum absolute atomic E-state index is 0.0841. The van der Waals surface area contributed by atoms with Crippen molar-refractivity contribution in [3.05, 3.63) is 29.6 Å². The molecule has 0 radical (unpaired) electrons. The first-order valence-corrected chi connectivity index (χ1v) is 8.17. The number of hydrogen-bond acceptors (Lipinski definition) is 4. The Morgan fingerprint density at radius 2 is 2.12 bits per heavy atom. The van der Waals surface area contributed by atoms with Crippen LogP contribution in [0.1, 0.15) is 37.7 Å². The Kier molecular flexibility index (Phi) is 4.66. The zero-order valence-corrected chi connectivity index (χ0v) is 13.7. The molecule has 3 rings (SSSR count). The van der Waals surface area contributed by atoms with Gasteiger partial charge < -0.3 is 9.47 Å². The molecule has 0 spiro atoms. The van der Waals surface area contributed by atoms with E-state index in [-0.39, 0.29) is 18.9 Å². The van der Waals surface area contributed by atoms with Crippen LogP contribution in [0.5, 0.6) is 5.75 Å². The van der Waals surface area contributed by atoms with E-state index < -0.39 is 29.8 Å². The second-order valence-electron chi connectivity index (χ2n) is 6.71. The fraction of sp³-hybridized carbons (Fsp3) is 0.588. The number of rotatable bonds is 3. The summed E-state index contributed by atoms with van der Waals surface area (Å²) in [4.78, 5) is 11.3. The first kappa shape index (κ1) is 18.0. The molecule has 2 bridgehead atoms. The number of ether oxygens (including phenoxy) is 2. The number of carbonyl (C=O) groups is 1. The average Bonchev–Trinajstić information content (AvgIpc) is 2.49. The van der Waals surface area contributed by atoms with Crippen molar-refractivity contribution < 1.29 is 31.8 Å². The van der Waals surface area contributed by atoms with E-state index >= 15 is 0 Å². The molecule has 2 aliphatic rings. The summed E-state index contributed by atoms with van der Waals surface area (Å²) in [5.74, 6) is -2.31. The molecule has 1 N–H and O–H groups in total. The molecule has 2 saturated heterocycles. The third kappa shape index (κ3) is 4.05. The highest BCUT2D eigenvalue weighted by Gasteiger charge is 2.51. The van der Waals surface area contributed by atoms with Crippen molar-refractivity contribution in [2.75, 3.05) is 0 Å². The lowest BCUT2D eigenvalue weighted by Gasteiger charge is -2.48. The number of fused-ring (bicyclic) bond motifs is 2. The van der Waals surface area contributed by atoms with E-state index in [1.165, 1.54) is 6.07 Å². The smallest absolute Gasteiger partial charge is 0.490 e. The lowest BCUT2D eigenvalue weighted by molar-refractivity contribution is -0.226. The predicted molar refractivity (Wildman–Crippen MR) is 80.4 cm³/mol. The summed E-state index contributed by atoms with van der Waals surface area (Å²) < 4.78 is 61.9. The maximum atomic E-state index is 13.7. The number of alkyl halides is 3. The molecule has 3 atom stereocenters. The Hall–Kier alpha value is -1.83. The van der Waals surface area contributed by atoms with Crippen LogP contribution in [0.4, 0.5) is 17.6 Å². The van der Waals surface area contributed by atoms with Crippen molar-refractivity contribution in [1.82, 2.24) is 5.32 Å². The molecule has 138 valence electrons. The molecule has 2 fully saturated rings. The van der Waals surface area contributed by atoms with Crippen LogP contribution >= 0.6 is 0 Å². The van der Waals surface area contributed by atoms with Crippen LogP contribution in [0.15, 0.2) is 18.2 Å². The van der Waals surface area contributed by atoms with Crippen LogP contribution in [0.25, 0.3) is 0 Å². The summed E-state index contributed by atoms with van der Waals surface area (Å²) in [6, 6.07) is 4.34. The number of aryl methyl sites for hydroxylation is 1. The third-order valence-corrected chi connectivity index (χ3v) is 4.67. The predicted octanol–water partition coefficient (Wildman–Crippen LogP) is 3.62. The summed E-state index contributed by atoms with van der Waals surface area (Å²) in [6.45, 7) is 1.62. The lowest BCUT2D eigenvalue weighted by Crippen LogP contribution is -2.63. The van der Waals surface area contributed by atoms with Crippen molar-refractivity contribution in [2.45, 2.75) is 63.1 Å². The number of benzene rings is 1. The van der Waals surface area contributed by atoms with Crippen LogP contribution in [0.2, 0.25) is 0 Å². The summed E-state index contributed by atoms with van der Waals surface area (Å²) in [6.07, 6.45) is -3.16. The molecule has 4 nitrogen and oxygen atoms in total. The highest BCUT2D eigenvalue weighted by atomic mass is 19.4. The molecule has 25 heavy (non-hydrogen) atoms. The highest BCUT2D eigenvalue weighted by molar-refractivity contribution is 5.76. The molecule has 1 aromatic rings. The minimum atomic E-state index is -5.04. The van der Waals surface area contributed by atoms with Crippen molar-refractivity contribution >= 4 is 5.97 Å². The second-order valence-corrected chi connectivity index (χ2v) is 6.71. The molecular formula is C17H19F4NO3. The summed E-state index contributed by atoms with van der Waals surface area (Å²) in [7, 11) is 0. The van der Waals surface area contributed by atoms with Crippen molar-refractivity contribution in [1.29, 1.82) is 0 Å². The van der Waals surface area contributed by atoms with Crippen molar-refractivity contribution in [2.24, 2.45) is 0 Å². The average molecular weight is 361 g/mol. The van der Waals surface area contributed by atoms with E-state index in [4.69, 9.17) is 9.47 Å². The van der Waals surface area contributed by atoms with Gasteiger partial charge in [0.1, 0.15) is 17.7 Å². The second kappa shape index (κ2) is 6.48. The van der Waals surface area contributed by atoms with Gasteiger partial charge in [0.05, 0.1) is 0 Å². The maximum absolute atomic E-state index is 13.7. The standard InChI is InChI=1S/C17H19F4NO3/c1-10-4-5-12(8-14(10)18)24-13-7-11-3-2-6-16(9-13,22-11)25-15(23)17(19,20)21/h4-5,8,11,13,22H,2-3,6-7,9H2,1H3. The molecule has 2 aliphatic heterocycles. The molecule has 3 unspecified atom stereocenters. The molecule has 8 heteroatoms. The number of piperidine rings is 2. The van der Waals surface area contributed by atoms with Gasteiger partial charge in [0.15, 0.2) is 5.72 Å². The molecule has 2 heterocycles. The van der Waals surface area contributed by atoms with Crippen LogP contribution in [0.3, 0.4) is 0 Å². The molecule has 0 aromatic heterocycles. The first-order chi connectivity index (χ1) is 11.7. The monoisotopic (exact) mass is 361 g/mol. The topological polar surface area (TPSA) is 47.6 Å². The van der Waals surface area contributed by atoms with Gasteiger partial charge in [-0.3, -0.25) is 5.32 Å². The molecular weight excluding hydrogens is 342 g/mol. The zero-order valence-electron chi connectivity index (χ0n) is 13.7. The van der Waals surface area contributed by atoms with Crippen LogP contribution in [-0.4, -0.2) is 30.0 Å². The Bertz CT molecular complexity index is 664. The van der Waals surface area contributed by atoms with Gasteiger partial charge in [-0.2, -0.15) is 13.2 Å². The van der Waals surface area contributed by atoms with E-state index in [0.29, 0.717) is 24.2 Å². The summed E-state index contributed by atoms with van der Waals surface area (Å²) >= 11 is 0. The normalized spacial score (nSPS) is 29.2. The first-order valence-electron chi connectivity index (χ1n) is 8.17. The van der Waals surface area contributed by atoms with E-state index in [9.17, 15) is 22.4 Å². The van der Waals surface area contributed by atoms with Gasteiger partial charge in [0, 0.05) is 24.9 Å². The Labute approximate surface area is 142 Å². The van der Waals surface area contributed by atoms with E-state index in [2.05, 4.69) is 5.32 Å². The number of esters is 1. The molecule has 1 aromatic carbocycles. The lowest BCUT2D eigenvalue weighted by atomic mass is 9.82. The van der Waals surface area contributed by atoms with Crippen LogP contribution in [-0.2, 0) is 9.53 Å². The van der Waals surface area contributed by atoms with Gasteiger partial charge in [-0.15, -0.1) is 0 Å². The molecule has 0 amide bonds. The largest absolute Gasteiger partial charge is 0.490 e. The number of hydrogen-bond donors (Lipinski definition) is 1. The summed E-state index contributed by atoms with van der Waals surface area (Å²) in [5, 5.41) is 3.01. The summed E-state index contributed by atoms with van der Waals surface area (Å²) in [5.41, 5.74) is -0.910. The Balaban J connectivity index is 1.74. The van der Waals surface area contributed by atoms with Gasteiger partial charge in [-0.1, -0.05) is 6.07 Å². The van der Waals surface area contributed by atoms with Gasteiger partial charge in [0.2, 0.25) is 0 Å². The molecule has 0 saturated carbocycles. The van der Waals surface area contributed by atoms with Crippen molar-refractivity contribution in [3.8, 4) is 5.75 Å². The maximum Gasteiger partial charge on any atom is 0.490 e. The van der Waals surface area contributed by atoms with Gasteiger partial charge in [-0.05, 0) is 37.8 Å². The van der Waals surface area contributed by atoms with Crippen LogP contribution in [0, 0.1) is 12.7 Å². The van der Waals surface area contributed by atoms with Gasteiger partial charge >= 0.3 is 12.1 Å². The number of nitrogens with one attached hydrogen (secondary N) is 1. The highest BCUT2D eigenvalue weighted by Crippen LogP contribution is 2.38. The number of carbonyl (C=O) groups excluding carboxylic acids is 1. The fourth-order valence-corrected chi connectivity index (χ4v) is 3.54.